The van der Waals surface area contributed by atoms with Crippen LogP contribution < -0.4 is 39.9 Å². The first-order valence-electron chi connectivity index (χ1n) is 22.4. The zero-order valence-electron chi connectivity index (χ0n) is 39.9. The number of esters is 2. The number of rotatable bonds is 22. The second-order valence-corrected chi connectivity index (χ2v) is 16.9. The molecule has 0 saturated carbocycles. The molecule has 14 nitrogen and oxygen atoms in total. The number of ether oxygens (including phenoxy) is 6. The van der Waals surface area contributed by atoms with E-state index in [-0.39, 0.29) is 64.0 Å². The van der Waals surface area contributed by atoms with Crippen LogP contribution in [0, 0.1) is 5.41 Å². The number of allylic oxidation sites excluding steroid dienone is 1. The third-order valence-electron chi connectivity index (χ3n) is 11.3. The summed E-state index contributed by atoms with van der Waals surface area (Å²) in [5.41, 5.74) is 12.3. The molecular weight excluding hydrogens is 995 g/mol. The van der Waals surface area contributed by atoms with Crippen molar-refractivity contribution in [2.75, 3.05) is 38.9 Å². The molecule has 6 aromatic rings. The summed E-state index contributed by atoms with van der Waals surface area (Å²) in [6.07, 6.45) is -5.52. The van der Waals surface area contributed by atoms with Crippen LogP contribution >= 0.6 is 0 Å². The highest BCUT2D eigenvalue weighted by Gasteiger charge is 2.54. The molecule has 0 saturated heterocycles. The van der Waals surface area contributed by atoms with Gasteiger partial charge in [-0.3, -0.25) is 9.59 Å². The molecule has 6 aromatic carbocycles. The fraction of sp³-hybridized carbons (Fsp3) is 0.200. The molecule has 0 aromatic heterocycles. The number of hydrogen-bond donors (Lipinski definition) is 4. The monoisotopic (exact) mass is 1040 g/mol. The van der Waals surface area contributed by atoms with Gasteiger partial charge in [0.1, 0.15) is 11.5 Å². The molecule has 6 rings (SSSR count). The molecule has 0 unspecified atom stereocenters. The van der Waals surface area contributed by atoms with Gasteiger partial charge < -0.3 is 50.1 Å². The van der Waals surface area contributed by atoms with Crippen molar-refractivity contribution < 1.29 is 84.2 Å². The maximum absolute atomic E-state index is 14.3. The lowest BCUT2D eigenvalue weighted by molar-refractivity contribution is -0.230. The summed E-state index contributed by atoms with van der Waals surface area (Å²) in [7, 11) is 2.58. The zero-order chi connectivity index (χ0) is 54.6. The van der Waals surface area contributed by atoms with Crippen LogP contribution in [0.5, 0.6) is 34.5 Å². The molecule has 0 heterocycles. The predicted molar refractivity (Wildman–Crippen MR) is 263 cm³/mol. The number of halogens is 6. The van der Waals surface area contributed by atoms with Gasteiger partial charge in [-0.25, -0.2) is 9.59 Å². The maximum Gasteiger partial charge on any atom is 0.422 e. The van der Waals surface area contributed by atoms with Crippen LogP contribution in [-0.4, -0.2) is 79.3 Å². The van der Waals surface area contributed by atoms with Crippen molar-refractivity contribution in [1.29, 1.82) is 0 Å². The van der Waals surface area contributed by atoms with Crippen molar-refractivity contribution in [2.45, 2.75) is 37.4 Å². The lowest BCUT2D eigenvalue weighted by Gasteiger charge is -2.42. The van der Waals surface area contributed by atoms with Crippen LogP contribution in [0.3, 0.4) is 0 Å². The first-order chi connectivity index (χ1) is 35.4. The molecular formula is C55H48F6N2O12. The fourth-order valence-electron chi connectivity index (χ4n) is 7.51. The van der Waals surface area contributed by atoms with Crippen molar-refractivity contribution in [3.8, 4) is 34.5 Å². The Bertz CT molecular complexity index is 2980. The Morgan fingerprint density at radius 1 is 0.520 bits per heavy atom. The van der Waals surface area contributed by atoms with Gasteiger partial charge in [0.2, 0.25) is 11.6 Å². The van der Waals surface area contributed by atoms with E-state index in [1.807, 2.05) is 0 Å². The van der Waals surface area contributed by atoms with Crippen molar-refractivity contribution in [3.05, 3.63) is 179 Å². The minimum atomic E-state index is -4.56. The van der Waals surface area contributed by atoms with Gasteiger partial charge in [-0.2, -0.15) is 26.3 Å². The summed E-state index contributed by atoms with van der Waals surface area (Å²) < 4.78 is 107. The number of aliphatic hydroxyl groups is 2. The van der Waals surface area contributed by atoms with Gasteiger partial charge in [-0.1, -0.05) is 48.6 Å². The van der Waals surface area contributed by atoms with Gasteiger partial charge in [-0.15, -0.1) is 0 Å². The summed E-state index contributed by atoms with van der Waals surface area (Å²) in [5, 5.41) is 24.6. The van der Waals surface area contributed by atoms with E-state index in [4.69, 9.17) is 30.4 Å². The summed E-state index contributed by atoms with van der Waals surface area (Å²) in [6, 6.07) is 30.8. The average molecular weight is 1040 g/mol. The average Bonchev–Trinajstić information content (AvgIpc) is 3.37. The van der Waals surface area contributed by atoms with Gasteiger partial charge in [-0.05, 0) is 144 Å². The van der Waals surface area contributed by atoms with Gasteiger partial charge in [0.15, 0.2) is 42.0 Å². The van der Waals surface area contributed by atoms with Gasteiger partial charge in [0, 0.05) is 23.2 Å². The highest BCUT2D eigenvalue weighted by molar-refractivity contribution is 6.01. The van der Waals surface area contributed by atoms with Crippen LogP contribution in [0.4, 0.5) is 37.7 Å². The highest BCUT2D eigenvalue weighted by Crippen LogP contribution is 2.43. The summed E-state index contributed by atoms with van der Waals surface area (Å²) >= 11 is 0. The highest BCUT2D eigenvalue weighted by atomic mass is 19.4. The SMILES string of the molecule is COc1cc(/C=C/C(=O)CC(Cc2ccc(N)cc2)(Cc2ccc(N)cc2)C(O)(O)C(=O)/C=C/c2ccc(OC(=O)c3ccc(OCC(F)(F)F)cc3)c(OC)c2)ccc1OC(=O)c1ccc(OCC(F)(F)F)cc1. The van der Waals surface area contributed by atoms with Crippen LogP contribution in [0.25, 0.3) is 12.2 Å². The number of anilines is 2. The summed E-state index contributed by atoms with van der Waals surface area (Å²) in [5.74, 6) is -7.16. The third-order valence-corrected chi connectivity index (χ3v) is 11.3. The molecule has 0 amide bonds. The molecule has 0 spiro atoms. The molecule has 0 atom stereocenters. The number of carbonyl (C=O) groups excluding carboxylic acids is 4. The number of benzene rings is 6. The number of carbonyl (C=O) groups is 4. The van der Waals surface area contributed by atoms with Crippen LogP contribution in [0.2, 0.25) is 0 Å². The van der Waals surface area contributed by atoms with E-state index >= 15 is 0 Å². The normalized spacial score (nSPS) is 12.1. The number of nitrogen functional groups attached to an aromatic ring is 2. The quantitative estimate of drug-likeness (QED) is 0.0124. The first-order valence-corrected chi connectivity index (χ1v) is 22.4. The van der Waals surface area contributed by atoms with E-state index in [0.29, 0.717) is 28.1 Å². The van der Waals surface area contributed by atoms with Crippen molar-refractivity contribution in [3.63, 3.8) is 0 Å². The second-order valence-electron chi connectivity index (χ2n) is 16.9. The Morgan fingerprint density at radius 3 is 1.28 bits per heavy atom. The Hall–Kier alpha value is -8.62. The van der Waals surface area contributed by atoms with E-state index in [1.165, 1.54) is 117 Å². The largest absolute Gasteiger partial charge is 0.493 e. The second kappa shape index (κ2) is 23.9. The molecule has 0 fully saturated rings. The topological polar surface area (TPSA) is 216 Å². The van der Waals surface area contributed by atoms with Crippen molar-refractivity contribution >= 4 is 47.0 Å². The molecule has 0 aliphatic rings. The Kier molecular flexibility index (Phi) is 17.8. The third kappa shape index (κ3) is 15.7. The molecule has 6 N–H and O–H groups in total. The molecule has 0 radical (unpaired) electrons. The van der Waals surface area contributed by atoms with Gasteiger partial charge in [0.05, 0.1) is 25.3 Å². The molecule has 20 heteroatoms. The van der Waals surface area contributed by atoms with E-state index in [0.717, 1.165) is 6.08 Å². The number of hydrogen-bond acceptors (Lipinski definition) is 14. The Labute approximate surface area is 425 Å². The number of ketones is 2. The lowest BCUT2D eigenvalue weighted by Crippen LogP contribution is -2.57. The van der Waals surface area contributed by atoms with Crippen LogP contribution in [0.1, 0.15) is 49.4 Å². The molecule has 0 aliphatic heterocycles. The van der Waals surface area contributed by atoms with Gasteiger partial charge in [0.25, 0.3) is 0 Å². The Morgan fingerprint density at radius 2 is 0.907 bits per heavy atom. The van der Waals surface area contributed by atoms with E-state index in [2.05, 4.69) is 9.47 Å². The Balaban J connectivity index is 1.24. The molecule has 75 heavy (non-hydrogen) atoms. The molecule has 0 aliphatic carbocycles. The number of alkyl halides is 6. The minimum Gasteiger partial charge on any atom is -0.493 e. The van der Waals surface area contributed by atoms with Crippen molar-refractivity contribution in [1.82, 2.24) is 0 Å². The predicted octanol–water partition coefficient (Wildman–Crippen LogP) is 9.60. The number of methoxy groups -OCH3 is 2. The standard InChI is InChI=1S/C55H48F6N2O12/c1-70-47-27-34(8-24-45(47)74-50(66)38-11-20-43(21-12-38)72-32-53(56,57)58)7-19-42(64)31-52(29-36-3-15-40(62)16-4-36,30-37-5-17-41(63)18-6-37)55(68,69)49(65)26-10-35-9-25-46(48(28-35)71-2)75-51(67)39-13-22-44(23-14-39)73-33-54(59,60)61/h3-28,68-69H,29-33,62-63H2,1-2H3/b19-7+,26-10+. The minimum absolute atomic E-state index is 0.00566. The maximum atomic E-state index is 14.3. The fourth-order valence-corrected chi connectivity index (χ4v) is 7.51. The first kappa shape index (κ1) is 55.7. The number of nitrogens with two attached hydrogens (primary N) is 2. The molecule has 392 valence electrons. The van der Waals surface area contributed by atoms with Crippen LogP contribution in [0.15, 0.2) is 146 Å². The van der Waals surface area contributed by atoms with Gasteiger partial charge >= 0.3 is 24.3 Å². The summed E-state index contributed by atoms with van der Waals surface area (Å²) in [4.78, 5) is 54.4. The smallest absolute Gasteiger partial charge is 0.422 e. The summed E-state index contributed by atoms with van der Waals surface area (Å²) in [6.45, 7) is -3.04. The lowest BCUT2D eigenvalue weighted by atomic mass is 9.65. The van der Waals surface area contributed by atoms with Crippen LogP contribution in [-0.2, 0) is 22.4 Å². The van der Waals surface area contributed by atoms with E-state index < -0.39 is 66.7 Å². The molecule has 0 bridgehead atoms. The van der Waals surface area contributed by atoms with E-state index in [1.54, 1.807) is 48.5 Å². The van der Waals surface area contributed by atoms with E-state index in [9.17, 15) is 55.7 Å². The zero-order valence-corrected chi connectivity index (χ0v) is 39.9. The van der Waals surface area contributed by atoms with Crippen molar-refractivity contribution in [2.24, 2.45) is 5.41 Å².